The van der Waals surface area contributed by atoms with Crippen molar-refractivity contribution in [2.75, 3.05) is 12.4 Å². The molecule has 1 amide bonds. The molecule has 4 rings (SSSR count). The van der Waals surface area contributed by atoms with Gasteiger partial charge in [-0.25, -0.2) is 15.0 Å². The third kappa shape index (κ3) is 4.28. The van der Waals surface area contributed by atoms with Crippen molar-refractivity contribution in [3.05, 3.63) is 77.6 Å². The zero-order valence-electron chi connectivity index (χ0n) is 16.3. The van der Waals surface area contributed by atoms with E-state index >= 15 is 0 Å². The minimum Gasteiger partial charge on any atom is -0.496 e. The Morgan fingerprint density at radius 1 is 1.07 bits per heavy atom. The van der Waals surface area contributed by atoms with Crippen molar-refractivity contribution < 1.29 is 14.3 Å². The molecule has 8 heteroatoms. The predicted octanol–water partition coefficient (Wildman–Crippen LogP) is 4.96. The molecule has 2 heterocycles. The molecule has 0 aliphatic rings. The molecule has 1 N–H and O–H groups in total. The molecular formula is C22H18N4O3S. The van der Waals surface area contributed by atoms with Gasteiger partial charge in [0.15, 0.2) is 0 Å². The molecule has 30 heavy (non-hydrogen) atoms. The third-order valence-corrected chi connectivity index (χ3v) is 5.15. The summed E-state index contributed by atoms with van der Waals surface area (Å²) in [5, 5.41) is 5.35. The van der Waals surface area contributed by atoms with Crippen LogP contribution < -0.4 is 14.8 Å². The number of benzene rings is 2. The highest BCUT2D eigenvalue weighted by Gasteiger charge is 2.15. The second-order valence-corrected chi connectivity index (χ2v) is 7.16. The van der Waals surface area contributed by atoms with Crippen LogP contribution in [0.5, 0.6) is 17.5 Å². The van der Waals surface area contributed by atoms with Crippen molar-refractivity contribution in [2.45, 2.75) is 6.92 Å². The fourth-order valence-corrected chi connectivity index (χ4v) is 3.62. The third-order valence-electron chi connectivity index (χ3n) is 4.27. The Labute approximate surface area is 177 Å². The highest BCUT2D eigenvalue weighted by molar-refractivity contribution is 7.13. The number of carbonyl (C=O) groups excluding carboxylic acids is 1. The fourth-order valence-electron chi connectivity index (χ4n) is 2.79. The van der Waals surface area contributed by atoms with Crippen LogP contribution in [0.25, 0.3) is 10.6 Å². The second kappa shape index (κ2) is 8.71. The first kappa shape index (κ1) is 19.5. The van der Waals surface area contributed by atoms with E-state index in [0.717, 1.165) is 16.1 Å². The van der Waals surface area contributed by atoms with Crippen molar-refractivity contribution in [1.82, 2.24) is 15.0 Å². The van der Waals surface area contributed by atoms with Crippen LogP contribution in [-0.4, -0.2) is 28.0 Å². The Hall–Kier alpha value is -3.78. The number of nitrogens with one attached hydrogen (secondary N) is 1. The van der Waals surface area contributed by atoms with Gasteiger partial charge in [0.1, 0.15) is 22.2 Å². The van der Waals surface area contributed by atoms with Crippen LogP contribution in [0.3, 0.4) is 0 Å². The van der Waals surface area contributed by atoms with Gasteiger partial charge < -0.3 is 14.8 Å². The number of methoxy groups -OCH3 is 1. The van der Waals surface area contributed by atoms with E-state index in [-0.39, 0.29) is 11.9 Å². The Kier molecular flexibility index (Phi) is 5.67. The maximum atomic E-state index is 12.7. The molecule has 7 nitrogen and oxygen atoms in total. The van der Waals surface area contributed by atoms with E-state index < -0.39 is 0 Å². The summed E-state index contributed by atoms with van der Waals surface area (Å²) < 4.78 is 11.0. The van der Waals surface area contributed by atoms with Crippen molar-refractivity contribution in [3.63, 3.8) is 0 Å². The first-order valence-electron chi connectivity index (χ1n) is 9.10. The molecule has 0 aliphatic heterocycles. The quantitative estimate of drug-likeness (QED) is 0.476. The first-order valence-corrected chi connectivity index (χ1v) is 9.98. The van der Waals surface area contributed by atoms with Gasteiger partial charge in [0.25, 0.3) is 5.91 Å². The molecule has 0 atom stereocenters. The van der Waals surface area contributed by atoms with Crippen LogP contribution in [0.15, 0.2) is 66.3 Å². The Balaban J connectivity index is 1.48. The standard InChI is InChI=1S/C22H18N4O3S/c1-14-12-15(29-22-23-10-5-11-24-22)8-9-17(14)25-20(27)18-13-30-21(26-18)16-6-3-4-7-19(16)28-2/h3-13H,1-2H3,(H,25,27). The SMILES string of the molecule is COc1ccccc1-c1nc(C(=O)Nc2ccc(Oc3ncccn3)cc2C)cs1. The molecule has 0 spiro atoms. The lowest BCUT2D eigenvalue weighted by Crippen LogP contribution is -2.13. The molecule has 0 unspecified atom stereocenters. The summed E-state index contributed by atoms with van der Waals surface area (Å²) in [7, 11) is 1.61. The van der Waals surface area contributed by atoms with Crippen LogP contribution in [0.4, 0.5) is 5.69 Å². The molecule has 0 fully saturated rings. The van der Waals surface area contributed by atoms with E-state index in [9.17, 15) is 4.79 Å². The van der Waals surface area contributed by atoms with E-state index in [4.69, 9.17) is 9.47 Å². The van der Waals surface area contributed by atoms with Crippen LogP contribution in [0.2, 0.25) is 0 Å². The van der Waals surface area contributed by atoms with Crippen molar-refractivity contribution in [2.24, 2.45) is 0 Å². The Morgan fingerprint density at radius 2 is 1.87 bits per heavy atom. The summed E-state index contributed by atoms with van der Waals surface area (Å²) in [4.78, 5) is 25.2. The summed E-state index contributed by atoms with van der Waals surface area (Å²) in [6, 6.07) is 14.9. The van der Waals surface area contributed by atoms with E-state index in [1.165, 1.54) is 11.3 Å². The number of aryl methyl sites for hydroxylation is 1. The molecular weight excluding hydrogens is 400 g/mol. The number of carbonyl (C=O) groups is 1. The highest BCUT2D eigenvalue weighted by atomic mass is 32.1. The van der Waals surface area contributed by atoms with Crippen LogP contribution >= 0.6 is 11.3 Å². The minimum atomic E-state index is -0.282. The average molecular weight is 418 g/mol. The van der Waals surface area contributed by atoms with Gasteiger partial charge in [-0.15, -0.1) is 11.3 Å². The number of amides is 1. The van der Waals surface area contributed by atoms with E-state index in [1.54, 1.807) is 43.1 Å². The zero-order chi connectivity index (χ0) is 20.9. The monoisotopic (exact) mass is 418 g/mol. The highest BCUT2D eigenvalue weighted by Crippen LogP contribution is 2.32. The van der Waals surface area contributed by atoms with Crippen molar-refractivity contribution in [1.29, 1.82) is 0 Å². The van der Waals surface area contributed by atoms with Crippen LogP contribution in [0, 0.1) is 6.92 Å². The molecule has 150 valence electrons. The summed E-state index contributed by atoms with van der Waals surface area (Å²) in [6.45, 7) is 1.88. The number of nitrogens with zero attached hydrogens (tertiary/aromatic N) is 3. The van der Waals surface area contributed by atoms with Gasteiger partial charge in [-0.05, 0) is 48.9 Å². The molecule has 0 saturated carbocycles. The topological polar surface area (TPSA) is 86.2 Å². The van der Waals surface area contributed by atoms with Gasteiger partial charge >= 0.3 is 6.01 Å². The van der Waals surface area contributed by atoms with Gasteiger partial charge in [-0.1, -0.05) is 12.1 Å². The molecule has 2 aromatic heterocycles. The normalized spacial score (nSPS) is 10.5. The lowest BCUT2D eigenvalue weighted by atomic mass is 10.2. The van der Waals surface area contributed by atoms with Gasteiger partial charge in [0.2, 0.25) is 0 Å². The van der Waals surface area contributed by atoms with Crippen molar-refractivity contribution >= 4 is 22.9 Å². The maximum Gasteiger partial charge on any atom is 0.321 e. The summed E-state index contributed by atoms with van der Waals surface area (Å²) in [6.07, 6.45) is 3.22. The number of para-hydroxylation sites is 1. The molecule has 0 radical (unpaired) electrons. The van der Waals surface area contributed by atoms with E-state index in [1.807, 2.05) is 37.3 Å². The van der Waals surface area contributed by atoms with Gasteiger partial charge in [-0.2, -0.15) is 0 Å². The van der Waals surface area contributed by atoms with Gasteiger partial charge in [0.05, 0.1) is 12.7 Å². The summed E-state index contributed by atoms with van der Waals surface area (Å²) in [5.74, 6) is 1.02. The lowest BCUT2D eigenvalue weighted by Gasteiger charge is -2.09. The number of ether oxygens (including phenoxy) is 2. The smallest absolute Gasteiger partial charge is 0.321 e. The molecule has 0 saturated heterocycles. The minimum absolute atomic E-state index is 0.264. The largest absolute Gasteiger partial charge is 0.496 e. The second-order valence-electron chi connectivity index (χ2n) is 6.30. The predicted molar refractivity (Wildman–Crippen MR) is 115 cm³/mol. The number of rotatable bonds is 6. The number of anilines is 1. The molecule has 0 bridgehead atoms. The van der Waals surface area contributed by atoms with Gasteiger partial charge in [0, 0.05) is 23.5 Å². The summed E-state index contributed by atoms with van der Waals surface area (Å²) in [5.41, 5.74) is 2.72. The van der Waals surface area contributed by atoms with Crippen LogP contribution in [-0.2, 0) is 0 Å². The first-order chi connectivity index (χ1) is 14.6. The Morgan fingerprint density at radius 3 is 2.63 bits per heavy atom. The van der Waals surface area contributed by atoms with Crippen LogP contribution in [0.1, 0.15) is 16.1 Å². The molecule has 2 aromatic carbocycles. The van der Waals surface area contributed by atoms with E-state index in [0.29, 0.717) is 22.9 Å². The van der Waals surface area contributed by atoms with E-state index in [2.05, 4.69) is 20.3 Å². The zero-order valence-corrected chi connectivity index (χ0v) is 17.1. The fraction of sp³-hybridized carbons (Fsp3) is 0.0909. The van der Waals surface area contributed by atoms with Crippen molar-refractivity contribution in [3.8, 4) is 28.1 Å². The average Bonchev–Trinajstić information content (AvgIpc) is 3.26. The number of hydrogen-bond acceptors (Lipinski definition) is 7. The number of hydrogen-bond donors (Lipinski definition) is 1. The Bertz CT molecular complexity index is 1180. The van der Waals surface area contributed by atoms with Gasteiger partial charge in [-0.3, -0.25) is 4.79 Å². The number of aromatic nitrogens is 3. The maximum absolute atomic E-state index is 12.7. The number of thiazole rings is 1. The lowest BCUT2D eigenvalue weighted by molar-refractivity contribution is 0.102. The molecule has 4 aromatic rings. The molecule has 0 aliphatic carbocycles. The summed E-state index contributed by atoms with van der Waals surface area (Å²) >= 11 is 1.39.